The van der Waals surface area contributed by atoms with Gasteiger partial charge in [0.2, 0.25) is 0 Å². The van der Waals surface area contributed by atoms with E-state index in [9.17, 15) is 9.18 Å². The third-order valence-corrected chi connectivity index (χ3v) is 3.78. The van der Waals surface area contributed by atoms with Crippen molar-refractivity contribution >= 4 is 17.5 Å². The summed E-state index contributed by atoms with van der Waals surface area (Å²) in [5.41, 5.74) is 0.805. The maximum atomic E-state index is 13.4. The van der Waals surface area contributed by atoms with E-state index in [1.807, 2.05) is 25.1 Å². The summed E-state index contributed by atoms with van der Waals surface area (Å²) in [5, 5.41) is 3.42. The predicted molar refractivity (Wildman–Crippen MR) is 92.8 cm³/mol. The number of carbonyl (C=O) groups excluding carboxylic acids is 1. The van der Waals surface area contributed by atoms with Gasteiger partial charge < -0.3 is 15.0 Å². The lowest BCUT2D eigenvalue weighted by atomic mass is 10.1. The molecule has 4 nitrogen and oxygen atoms in total. The maximum absolute atomic E-state index is 13.4. The van der Waals surface area contributed by atoms with Crippen molar-refractivity contribution in [3.8, 4) is 5.75 Å². The van der Waals surface area contributed by atoms with Gasteiger partial charge in [0.05, 0.1) is 6.04 Å². The Morgan fingerprint density at radius 1 is 1.25 bits per heavy atom. The van der Waals surface area contributed by atoms with Crippen molar-refractivity contribution in [3.05, 3.63) is 64.9 Å². The Labute approximate surface area is 146 Å². The van der Waals surface area contributed by atoms with Crippen molar-refractivity contribution in [1.82, 2.24) is 10.2 Å². The van der Waals surface area contributed by atoms with Crippen LogP contribution in [0, 0.1) is 5.82 Å². The van der Waals surface area contributed by atoms with Gasteiger partial charge in [0.25, 0.3) is 5.91 Å². The zero-order chi connectivity index (χ0) is 17.5. The number of hydrogen-bond acceptors (Lipinski definition) is 3. The quantitative estimate of drug-likeness (QED) is 0.833. The standard InChI is InChI=1S/C18H20ClFN2O2/c1-22(2)17(13-4-3-5-15(20)10-13)11-21-18(23)12-24-16-8-6-14(19)7-9-16/h3-10,17H,11-12H2,1-2H3,(H,21,23). The molecule has 1 N–H and O–H groups in total. The van der Waals surface area contributed by atoms with Crippen molar-refractivity contribution in [2.45, 2.75) is 6.04 Å². The Kier molecular flexibility index (Phi) is 6.58. The minimum atomic E-state index is -0.295. The lowest BCUT2D eigenvalue weighted by Gasteiger charge is -2.25. The molecule has 24 heavy (non-hydrogen) atoms. The van der Waals surface area contributed by atoms with Gasteiger partial charge >= 0.3 is 0 Å². The maximum Gasteiger partial charge on any atom is 0.258 e. The average Bonchev–Trinajstić information content (AvgIpc) is 2.54. The summed E-state index contributed by atoms with van der Waals surface area (Å²) in [7, 11) is 3.76. The fourth-order valence-electron chi connectivity index (χ4n) is 2.25. The summed E-state index contributed by atoms with van der Waals surface area (Å²) in [6, 6.07) is 13.0. The number of nitrogens with one attached hydrogen (secondary N) is 1. The van der Waals surface area contributed by atoms with Crippen LogP contribution in [0.15, 0.2) is 48.5 Å². The Hall–Kier alpha value is -2.11. The van der Waals surface area contributed by atoms with Crippen molar-refractivity contribution < 1.29 is 13.9 Å². The van der Waals surface area contributed by atoms with Crippen molar-refractivity contribution in [1.29, 1.82) is 0 Å². The number of ether oxygens (including phenoxy) is 1. The molecule has 1 amide bonds. The number of carbonyl (C=O) groups is 1. The lowest BCUT2D eigenvalue weighted by molar-refractivity contribution is -0.123. The molecule has 1 unspecified atom stereocenters. The number of nitrogens with zero attached hydrogens (tertiary/aromatic N) is 1. The van der Waals surface area contributed by atoms with Crippen molar-refractivity contribution in [2.75, 3.05) is 27.2 Å². The fraction of sp³-hybridized carbons (Fsp3) is 0.278. The Balaban J connectivity index is 1.87. The first-order valence-corrected chi connectivity index (χ1v) is 7.90. The molecule has 1 atom stereocenters. The molecule has 0 spiro atoms. The zero-order valence-electron chi connectivity index (χ0n) is 13.6. The topological polar surface area (TPSA) is 41.6 Å². The van der Waals surface area contributed by atoms with E-state index >= 15 is 0 Å². The molecule has 0 aliphatic heterocycles. The predicted octanol–water partition coefficient (Wildman–Crippen LogP) is 3.28. The Morgan fingerprint density at radius 2 is 1.96 bits per heavy atom. The van der Waals surface area contributed by atoms with Crippen LogP contribution >= 0.6 is 11.6 Å². The minimum Gasteiger partial charge on any atom is -0.484 e. The summed E-state index contributed by atoms with van der Waals surface area (Å²) >= 11 is 5.79. The highest BCUT2D eigenvalue weighted by Crippen LogP contribution is 2.18. The molecule has 0 saturated carbocycles. The fourth-order valence-corrected chi connectivity index (χ4v) is 2.38. The van der Waals surface area contributed by atoms with E-state index in [0.29, 0.717) is 17.3 Å². The van der Waals surface area contributed by atoms with Crippen LogP contribution < -0.4 is 10.1 Å². The van der Waals surface area contributed by atoms with Crippen LogP contribution in [0.2, 0.25) is 5.02 Å². The summed E-state index contributed by atoms with van der Waals surface area (Å²) in [6.45, 7) is 0.268. The first-order chi connectivity index (χ1) is 11.5. The molecule has 0 heterocycles. The van der Waals surface area contributed by atoms with Gasteiger partial charge in [0, 0.05) is 11.6 Å². The molecule has 2 aromatic rings. The van der Waals surface area contributed by atoms with Gasteiger partial charge in [-0.3, -0.25) is 4.79 Å². The summed E-state index contributed by atoms with van der Waals surface area (Å²) in [5.74, 6) is 0.0359. The number of likely N-dealkylation sites (N-methyl/N-ethyl adjacent to an activating group) is 1. The third-order valence-electron chi connectivity index (χ3n) is 3.53. The van der Waals surface area contributed by atoms with E-state index in [-0.39, 0.29) is 24.4 Å². The van der Waals surface area contributed by atoms with E-state index in [0.717, 1.165) is 5.56 Å². The zero-order valence-corrected chi connectivity index (χ0v) is 14.4. The van der Waals surface area contributed by atoms with Crippen LogP contribution in [0.5, 0.6) is 5.75 Å². The van der Waals surface area contributed by atoms with Crippen LogP contribution in [0.4, 0.5) is 4.39 Å². The molecule has 2 aromatic carbocycles. The van der Waals surface area contributed by atoms with Gasteiger partial charge in [-0.05, 0) is 56.1 Å². The molecule has 0 aliphatic carbocycles. The molecule has 6 heteroatoms. The van der Waals surface area contributed by atoms with E-state index < -0.39 is 0 Å². The van der Waals surface area contributed by atoms with Gasteiger partial charge in [-0.2, -0.15) is 0 Å². The van der Waals surface area contributed by atoms with Crippen LogP contribution in [0.1, 0.15) is 11.6 Å². The summed E-state index contributed by atoms with van der Waals surface area (Å²) in [4.78, 5) is 13.9. The molecule has 0 fully saturated rings. The number of halogens is 2. The summed E-state index contributed by atoms with van der Waals surface area (Å²) in [6.07, 6.45) is 0. The van der Waals surface area contributed by atoms with Gasteiger partial charge in [0.1, 0.15) is 11.6 Å². The van der Waals surface area contributed by atoms with Gasteiger partial charge in [-0.15, -0.1) is 0 Å². The smallest absolute Gasteiger partial charge is 0.258 e. The molecule has 128 valence electrons. The molecule has 0 bridgehead atoms. The largest absolute Gasteiger partial charge is 0.484 e. The molecule has 0 aromatic heterocycles. The van der Waals surface area contributed by atoms with Gasteiger partial charge in [-0.25, -0.2) is 4.39 Å². The highest BCUT2D eigenvalue weighted by Gasteiger charge is 2.16. The molecule has 0 radical (unpaired) electrons. The van der Waals surface area contributed by atoms with E-state index in [1.165, 1.54) is 12.1 Å². The van der Waals surface area contributed by atoms with Gasteiger partial charge in [-0.1, -0.05) is 23.7 Å². The Morgan fingerprint density at radius 3 is 2.58 bits per heavy atom. The third kappa shape index (κ3) is 5.51. The van der Waals surface area contributed by atoms with Gasteiger partial charge in [0.15, 0.2) is 6.61 Å². The lowest BCUT2D eigenvalue weighted by Crippen LogP contribution is -2.36. The number of amides is 1. The molecular weight excluding hydrogens is 331 g/mol. The van der Waals surface area contributed by atoms with Crippen LogP contribution in [-0.4, -0.2) is 38.1 Å². The van der Waals surface area contributed by atoms with Crippen molar-refractivity contribution in [2.24, 2.45) is 0 Å². The molecule has 0 aliphatic rings. The highest BCUT2D eigenvalue weighted by atomic mass is 35.5. The molecule has 0 saturated heterocycles. The van der Waals surface area contributed by atoms with Crippen LogP contribution in [-0.2, 0) is 4.79 Å². The number of hydrogen-bond donors (Lipinski definition) is 1. The molecular formula is C18H20ClFN2O2. The number of benzene rings is 2. The van der Waals surface area contributed by atoms with E-state index in [2.05, 4.69) is 5.32 Å². The summed E-state index contributed by atoms with van der Waals surface area (Å²) < 4.78 is 18.8. The second-order valence-electron chi connectivity index (χ2n) is 5.58. The number of rotatable bonds is 7. The van der Waals surface area contributed by atoms with E-state index in [1.54, 1.807) is 30.3 Å². The minimum absolute atomic E-state index is 0.0923. The van der Waals surface area contributed by atoms with Crippen LogP contribution in [0.25, 0.3) is 0 Å². The second-order valence-corrected chi connectivity index (χ2v) is 6.02. The van der Waals surface area contributed by atoms with E-state index in [4.69, 9.17) is 16.3 Å². The SMILES string of the molecule is CN(C)C(CNC(=O)COc1ccc(Cl)cc1)c1cccc(F)c1. The highest BCUT2D eigenvalue weighted by molar-refractivity contribution is 6.30. The first kappa shape index (κ1) is 18.2. The molecule has 2 rings (SSSR count). The van der Waals surface area contributed by atoms with Crippen molar-refractivity contribution in [3.63, 3.8) is 0 Å². The normalized spacial score (nSPS) is 12.0. The Bertz CT molecular complexity index is 677. The van der Waals surface area contributed by atoms with Crippen LogP contribution in [0.3, 0.4) is 0 Å². The first-order valence-electron chi connectivity index (χ1n) is 7.52. The second kappa shape index (κ2) is 8.66. The monoisotopic (exact) mass is 350 g/mol. The average molecular weight is 351 g/mol.